The zero-order valence-corrected chi connectivity index (χ0v) is 11.3. The van der Waals surface area contributed by atoms with E-state index in [0.717, 1.165) is 6.42 Å². The number of hydrogen-bond acceptors (Lipinski definition) is 4. The van der Waals surface area contributed by atoms with Crippen LogP contribution in [-0.2, 0) is 14.3 Å². The van der Waals surface area contributed by atoms with Crippen LogP contribution in [0.1, 0.15) is 26.7 Å². The molecule has 0 N–H and O–H groups in total. The number of allylic oxidation sites excluding steroid dienone is 2. The van der Waals surface area contributed by atoms with Crippen LogP contribution in [-0.4, -0.2) is 24.0 Å². The number of carboxylic acid groups (broad SMARTS) is 1. The third-order valence-electron chi connectivity index (χ3n) is 4.06. The largest absolute Gasteiger partial charge is 0.544 e. The number of esters is 1. The normalized spacial score (nSPS) is 29.8. The van der Waals surface area contributed by atoms with E-state index in [2.05, 4.69) is 0 Å². The summed E-state index contributed by atoms with van der Waals surface area (Å²) in [6.45, 7) is 2.77. The lowest BCUT2D eigenvalue weighted by molar-refractivity contribution is -0.337. The first kappa shape index (κ1) is 14.9. The second-order valence-electron chi connectivity index (χ2n) is 5.90. The van der Waals surface area contributed by atoms with Gasteiger partial charge in [-0.05, 0) is 30.6 Å². The van der Waals surface area contributed by atoms with Gasteiger partial charge in [0.05, 0.1) is 5.92 Å². The van der Waals surface area contributed by atoms with Crippen molar-refractivity contribution in [1.82, 2.24) is 0 Å². The Hall–Kier alpha value is -1.46. The first-order valence-electron chi connectivity index (χ1n) is 6.71. The van der Waals surface area contributed by atoms with Crippen LogP contribution in [0, 0.1) is 23.7 Å². The third kappa shape index (κ3) is 2.55. The Morgan fingerprint density at radius 1 is 1.30 bits per heavy atom. The standard InChI is InChI=1S/C14H18F2O4/c1-7(2)11(14(15,16)13(18)19)20-12(17)10-6-8-3-4-9(10)5-8/h3-4,7-11H,5-6H2,1-2H3,(H,18,19)/p-1. The molecule has 0 amide bonds. The summed E-state index contributed by atoms with van der Waals surface area (Å²) in [6, 6.07) is 0. The second-order valence-corrected chi connectivity index (χ2v) is 5.90. The van der Waals surface area contributed by atoms with Crippen molar-refractivity contribution in [2.45, 2.75) is 38.7 Å². The van der Waals surface area contributed by atoms with Crippen LogP contribution >= 0.6 is 0 Å². The lowest BCUT2D eigenvalue weighted by Gasteiger charge is -2.31. The fraction of sp³-hybridized carbons (Fsp3) is 0.714. The summed E-state index contributed by atoms with van der Waals surface area (Å²) in [5, 5.41) is 10.5. The fourth-order valence-electron chi connectivity index (χ4n) is 3.01. The molecule has 4 unspecified atom stereocenters. The number of ether oxygens (including phenoxy) is 1. The molecular weight excluding hydrogens is 270 g/mol. The lowest BCUT2D eigenvalue weighted by Crippen LogP contribution is -2.53. The van der Waals surface area contributed by atoms with E-state index in [-0.39, 0.29) is 5.92 Å². The van der Waals surface area contributed by atoms with E-state index in [9.17, 15) is 23.5 Å². The molecule has 2 aliphatic carbocycles. The van der Waals surface area contributed by atoms with Crippen molar-refractivity contribution in [2.24, 2.45) is 23.7 Å². The van der Waals surface area contributed by atoms with Gasteiger partial charge >= 0.3 is 11.9 Å². The van der Waals surface area contributed by atoms with Crippen LogP contribution in [0.4, 0.5) is 8.78 Å². The van der Waals surface area contributed by atoms with Gasteiger partial charge in [0.1, 0.15) is 5.97 Å². The highest BCUT2D eigenvalue weighted by molar-refractivity contribution is 5.77. The number of rotatable bonds is 5. The highest BCUT2D eigenvalue weighted by Gasteiger charge is 2.48. The maximum absolute atomic E-state index is 13.5. The van der Waals surface area contributed by atoms with E-state index in [1.165, 1.54) is 13.8 Å². The summed E-state index contributed by atoms with van der Waals surface area (Å²) < 4.78 is 31.9. The SMILES string of the molecule is CC(C)C(OC(=O)C1CC2C=CC1C2)C(F)(F)C(=O)[O-]. The number of carbonyl (C=O) groups is 2. The Kier molecular flexibility index (Phi) is 3.84. The Morgan fingerprint density at radius 2 is 1.95 bits per heavy atom. The molecule has 0 radical (unpaired) electrons. The quantitative estimate of drug-likeness (QED) is 0.562. The molecule has 2 aliphatic rings. The van der Waals surface area contributed by atoms with E-state index >= 15 is 0 Å². The zero-order valence-electron chi connectivity index (χ0n) is 11.3. The molecule has 0 aliphatic heterocycles. The average molecular weight is 287 g/mol. The minimum absolute atomic E-state index is 0.0249. The van der Waals surface area contributed by atoms with Crippen LogP contribution in [0.2, 0.25) is 0 Å². The first-order valence-corrected chi connectivity index (χ1v) is 6.71. The Morgan fingerprint density at radius 3 is 2.35 bits per heavy atom. The van der Waals surface area contributed by atoms with E-state index in [4.69, 9.17) is 4.74 Å². The number of hydrogen-bond donors (Lipinski definition) is 0. The van der Waals surface area contributed by atoms with Crippen LogP contribution in [0.3, 0.4) is 0 Å². The summed E-state index contributed by atoms with van der Waals surface area (Å²) in [5.74, 6) is -8.37. The van der Waals surface area contributed by atoms with Crippen molar-refractivity contribution in [1.29, 1.82) is 0 Å². The van der Waals surface area contributed by atoms with E-state index < -0.39 is 35.8 Å². The predicted molar refractivity (Wildman–Crippen MR) is 63.5 cm³/mol. The number of halogens is 2. The van der Waals surface area contributed by atoms with E-state index in [0.29, 0.717) is 12.3 Å². The second kappa shape index (κ2) is 5.14. The number of carboxylic acids is 1. The Bertz CT molecular complexity index is 444. The Labute approximate surface area is 115 Å². The molecule has 0 spiro atoms. The highest BCUT2D eigenvalue weighted by Crippen LogP contribution is 2.44. The van der Waals surface area contributed by atoms with Crippen LogP contribution in [0.25, 0.3) is 0 Å². The molecule has 0 aromatic rings. The molecule has 20 heavy (non-hydrogen) atoms. The zero-order chi connectivity index (χ0) is 15.1. The van der Waals surface area contributed by atoms with Gasteiger partial charge in [-0.1, -0.05) is 26.0 Å². The van der Waals surface area contributed by atoms with Crippen molar-refractivity contribution in [2.75, 3.05) is 0 Å². The van der Waals surface area contributed by atoms with Gasteiger partial charge < -0.3 is 14.6 Å². The maximum Gasteiger partial charge on any atom is 0.323 e. The van der Waals surface area contributed by atoms with Crippen LogP contribution < -0.4 is 5.11 Å². The van der Waals surface area contributed by atoms with Gasteiger partial charge in [-0.3, -0.25) is 4.79 Å². The van der Waals surface area contributed by atoms with Crippen LogP contribution in [0.5, 0.6) is 0 Å². The number of fused-ring (bicyclic) bond motifs is 2. The summed E-state index contributed by atoms with van der Waals surface area (Å²) in [5.41, 5.74) is 0. The van der Waals surface area contributed by atoms with Crippen molar-refractivity contribution in [3.63, 3.8) is 0 Å². The summed E-state index contributed by atoms with van der Waals surface area (Å²) in [4.78, 5) is 22.6. The van der Waals surface area contributed by atoms with Gasteiger partial charge in [0.15, 0.2) is 6.10 Å². The summed E-state index contributed by atoms with van der Waals surface area (Å²) in [6.07, 6.45) is 3.35. The minimum Gasteiger partial charge on any atom is -0.544 e. The van der Waals surface area contributed by atoms with Gasteiger partial charge in [0, 0.05) is 0 Å². The molecule has 4 nitrogen and oxygen atoms in total. The first-order chi connectivity index (χ1) is 9.23. The average Bonchev–Trinajstić information content (AvgIpc) is 2.96. The molecule has 6 heteroatoms. The highest BCUT2D eigenvalue weighted by atomic mass is 19.3. The molecule has 0 aromatic heterocycles. The van der Waals surface area contributed by atoms with E-state index in [1.807, 2.05) is 12.2 Å². The lowest BCUT2D eigenvalue weighted by atomic mass is 9.93. The van der Waals surface area contributed by atoms with Crippen molar-refractivity contribution in [3.05, 3.63) is 12.2 Å². The van der Waals surface area contributed by atoms with Gasteiger partial charge in [0.2, 0.25) is 0 Å². The molecule has 2 rings (SSSR count). The summed E-state index contributed by atoms with van der Waals surface area (Å²) >= 11 is 0. The molecule has 1 saturated carbocycles. The van der Waals surface area contributed by atoms with Gasteiger partial charge in [0.25, 0.3) is 0 Å². The number of alkyl halides is 2. The molecule has 0 aromatic carbocycles. The molecule has 1 fully saturated rings. The van der Waals surface area contributed by atoms with Gasteiger partial charge in [-0.2, -0.15) is 8.78 Å². The number of carbonyl (C=O) groups excluding carboxylic acids is 2. The molecule has 112 valence electrons. The van der Waals surface area contributed by atoms with Crippen molar-refractivity contribution < 1.29 is 28.2 Å². The van der Waals surface area contributed by atoms with Crippen molar-refractivity contribution >= 4 is 11.9 Å². The molecular formula is C14H17F2O4-. The Balaban J connectivity index is 2.07. The molecule has 0 heterocycles. The third-order valence-corrected chi connectivity index (χ3v) is 4.06. The minimum atomic E-state index is -4.18. The van der Waals surface area contributed by atoms with E-state index in [1.54, 1.807) is 0 Å². The smallest absolute Gasteiger partial charge is 0.323 e. The fourth-order valence-corrected chi connectivity index (χ4v) is 3.01. The van der Waals surface area contributed by atoms with Gasteiger partial charge in [-0.15, -0.1) is 0 Å². The maximum atomic E-state index is 13.5. The molecule has 4 atom stereocenters. The summed E-state index contributed by atoms with van der Waals surface area (Å²) in [7, 11) is 0. The van der Waals surface area contributed by atoms with Crippen molar-refractivity contribution in [3.8, 4) is 0 Å². The monoisotopic (exact) mass is 287 g/mol. The molecule has 2 bridgehead atoms. The topological polar surface area (TPSA) is 66.4 Å². The number of aliphatic carboxylic acids is 1. The predicted octanol–water partition coefficient (Wildman–Crippen LogP) is 1.15. The molecule has 0 saturated heterocycles. The van der Waals surface area contributed by atoms with Crippen LogP contribution in [0.15, 0.2) is 12.2 Å². The van der Waals surface area contributed by atoms with Gasteiger partial charge in [-0.25, -0.2) is 0 Å².